The third-order valence-electron chi connectivity index (χ3n) is 7.32. The molecule has 2 aromatic rings. The summed E-state index contributed by atoms with van der Waals surface area (Å²) in [5.41, 5.74) is 1.93. The standard InChI is InChI=1S/C26H37N3O3/c1-17(2)25(30)28-26(4)15-24(32-23-13-18(3)7-9-21(23)26)19-8-10-22(31-5)20(14-19)16-29-12-6-11-27-29/h6,8,10-12,14,17-18,21,23-24H,7,9,13,15-16H2,1-5H3,(H,28,30)/t18-,21-,23-,24-,26-/m1/s1. The average molecular weight is 440 g/mol. The Morgan fingerprint density at radius 1 is 1.38 bits per heavy atom. The van der Waals surface area contributed by atoms with Crippen molar-refractivity contribution in [1.29, 1.82) is 0 Å². The summed E-state index contributed by atoms with van der Waals surface area (Å²) in [6.07, 6.45) is 7.94. The number of nitrogens with one attached hydrogen (secondary N) is 1. The lowest BCUT2D eigenvalue weighted by atomic mass is 9.66. The van der Waals surface area contributed by atoms with Crippen LogP contribution in [0.2, 0.25) is 0 Å². The van der Waals surface area contributed by atoms with Crippen LogP contribution >= 0.6 is 0 Å². The minimum atomic E-state index is -0.281. The minimum Gasteiger partial charge on any atom is -0.496 e. The summed E-state index contributed by atoms with van der Waals surface area (Å²) in [6, 6.07) is 8.24. The molecule has 0 spiro atoms. The molecule has 0 bridgehead atoms. The summed E-state index contributed by atoms with van der Waals surface area (Å²) in [6.45, 7) is 9.09. The number of rotatable bonds is 6. The molecule has 0 radical (unpaired) electrons. The molecule has 4 rings (SSSR count). The number of carbonyl (C=O) groups excluding carboxylic acids is 1. The quantitative estimate of drug-likeness (QED) is 0.706. The van der Waals surface area contributed by atoms with Gasteiger partial charge in [-0.1, -0.05) is 33.3 Å². The number of fused-ring (bicyclic) bond motifs is 1. The Hall–Kier alpha value is -2.34. The van der Waals surface area contributed by atoms with Crippen molar-refractivity contribution in [2.24, 2.45) is 17.8 Å². The van der Waals surface area contributed by atoms with Crippen molar-refractivity contribution in [2.45, 2.75) is 77.7 Å². The first kappa shape index (κ1) is 22.8. The van der Waals surface area contributed by atoms with Crippen LogP contribution in [0.15, 0.2) is 36.7 Å². The number of amides is 1. The normalized spacial score (nSPS) is 30.1. The molecule has 1 amide bonds. The summed E-state index contributed by atoms with van der Waals surface area (Å²) in [4.78, 5) is 12.7. The number of carbonyl (C=O) groups is 1. The number of hydrogen-bond acceptors (Lipinski definition) is 4. The maximum absolute atomic E-state index is 12.7. The van der Waals surface area contributed by atoms with E-state index in [1.54, 1.807) is 13.3 Å². The predicted molar refractivity (Wildman–Crippen MR) is 124 cm³/mol. The van der Waals surface area contributed by atoms with E-state index in [-0.39, 0.29) is 29.6 Å². The Balaban J connectivity index is 1.64. The maximum atomic E-state index is 12.7. The Morgan fingerprint density at radius 2 is 2.19 bits per heavy atom. The van der Waals surface area contributed by atoms with E-state index in [4.69, 9.17) is 9.47 Å². The highest BCUT2D eigenvalue weighted by Gasteiger charge is 2.49. The Labute approximate surface area is 191 Å². The van der Waals surface area contributed by atoms with E-state index in [2.05, 4.69) is 36.4 Å². The molecule has 1 saturated carbocycles. The summed E-state index contributed by atoms with van der Waals surface area (Å²) < 4.78 is 14.2. The molecule has 1 aromatic carbocycles. The largest absolute Gasteiger partial charge is 0.496 e. The first-order valence-electron chi connectivity index (χ1n) is 11.9. The van der Waals surface area contributed by atoms with Gasteiger partial charge in [0.25, 0.3) is 0 Å². The molecule has 174 valence electrons. The number of ether oxygens (including phenoxy) is 2. The summed E-state index contributed by atoms with van der Waals surface area (Å²) in [5, 5.41) is 7.77. The van der Waals surface area contributed by atoms with E-state index in [0.29, 0.717) is 18.4 Å². The molecule has 1 saturated heterocycles. The molecule has 5 atom stereocenters. The lowest BCUT2D eigenvalue weighted by Gasteiger charge is -2.52. The minimum absolute atomic E-state index is 0.0317. The highest BCUT2D eigenvalue weighted by Crippen LogP contribution is 2.48. The van der Waals surface area contributed by atoms with Crippen LogP contribution in [0.4, 0.5) is 0 Å². The van der Waals surface area contributed by atoms with Crippen molar-refractivity contribution >= 4 is 5.91 Å². The van der Waals surface area contributed by atoms with Gasteiger partial charge < -0.3 is 14.8 Å². The third-order valence-corrected chi connectivity index (χ3v) is 7.32. The van der Waals surface area contributed by atoms with Gasteiger partial charge in [-0.3, -0.25) is 9.48 Å². The molecule has 2 fully saturated rings. The van der Waals surface area contributed by atoms with Crippen LogP contribution in [0.1, 0.15) is 70.6 Å². The van der Waals surface area contributed by atoms with Crippen molar-refractivity contribution in [3.63, 3.8) is 0 Å². The van der Waals surface area contributed by atoms with Crippen LogP contribution in [0.3, 0.4) is 0 Å². The third kappa shape index (κ3) is 4.70. The van der Waals surface area contributed by atoms with Gasteiger partial charge in [-0.25, -0.2) is 0 Å². The number of aromatic nitrogens is 2. The number of nitrogens with zero attached hydrogens (tertiary/aromatic N) is 2. The first-order chi connectivity index (χ1) is 15.3. The smallest absolute Gasteiger partial charge is 0.222 e. The Kier molecular flexibility index (Phi) is 6.61. The van der Waals surface area contributed by atoms with E-state index in [9.17, 15) is 4.79 Å². The second-order valence-electron chi connectivity index (χ2n) is 10.2. The molecule has 1 N–H and O–H groups in total. The topological polar surface area (TPSA) is 65.4 Å². The van der Waals surface area contributed by atoms with Gasteiger partial charge in [-0.05, 0) is 49.4 Å². The molecule has 1 aromatic heterocycles. The van der Waals surface area contributed by atoms with Gasteiger partial charge in [0.15, 0.2) is 0 Å². The van der Waals surface area contributed by atoms with Crippen LogP contribution < -0.4 is 10.1 Å². The van der Waals surface area contributed by atoms with Crippen LogP contribution in [0.5, 0.6) is 5.75 Å². The van der Waals surface area contributed by atoms with Crippen molar-refractivity contribution in [1.82, 2.24) is 15.1 Å². The fourth-order valence-electron chi connectivity index (χ4n) is 5.46. The fourth-order valence-corrected chi connectivity index (χ4v) is 5.46. The zero-order valence-corrected chi connectivity index (χ0v) is 20.0. The maximum Gasteiger partial charge on any atom is 0.222 e. The molecular formula is C26H37N3O3. The second-order valence-corrected chi connectivity index (χ2v) is 10.2. The van der Waals surface area contributed by atoms with Gasteiger partial charge in [0.1, 0.15) is 5.75 Å². The van der Waals surface area contributed by atoms with Crippen LogP contribution in [-0.2, 0) is 16.1 Å². The van der Waals surface area contributed by atoms with E-state index >= 15 is 0 Å². The highest BCUT2D eigenvalue weighted by molar-refractivity contribution is 5.78. The number of hydrogen-bond donors (Lipinski definition) is 1. The van der Waals surface area contributed by atoms with Gasteiger partial charge in [0, 0.05) is 41.8 Å². The van der Waals surface area contributed by atoms with Crippen LogP contribution in [-0.4, -0.2) is 34.4 Å². The van der Waals surface area contributed by atoms with Gasteiger partial charge in [-0.2, -0.15) is 5.10 Å². The monoisotopic (exact) mass is 439 g/mol. The molecular weight excluding hydrogens is 402 g/mol. The highest BCUT2D eigenvalue weighted by atomic mass is 16.5. The van der Waals surface area contributed by atoms with Crippen molar-refractivity contribution in [2.75, 3.05) is 7.11 Å². The van der Waals surface area contributed by atoms with E-state index in [0.717, 1.165) is 36.1 Å². The Bertz CT molecular complexity index is 926. The van der Waals surface area contributed by atoms with Crippen molar-refractivity contribution in [3.8, 4) is 5.75 Å². The molecule has 1 aliphatic carbocycles. The summed E-state index contributed by atoms with van der Waals surface area (Å²) in [5.74, 6) is 1.93. The lowest BCUT2D eigenvalue weighted by molar-refractivity contribution is -0.155. The molecule has 0 unspecified atom stereocenters. The van der Waals surface area contributed by atoms with Gasteiger partial charge in [0.2, 0.25) is 5.91 Å². The zero-order valence-electron chi connectivity index (χ0n) is 20.0. The molecule has 6 heteroatoms. The van der Waals surface area contributed by atoms with E-state index in [1.165, 1.54) is 6.42 Å². The number of benzene rings is 1. The average Bonchev–Trinajstić information content (AvgIpc) is 3.26. The molecule has 32 heavy (non-hydrogen) atoms. The summed E-state index contributed by atoms with van der Waals surface area (Å²) in [7, 11) is 1.70. The molecule has 1 aliphatic heterocycles. The Morgan fingerprint density at radius 3 is 2.88 bits per heavy atom. The van der Waals surface area contributed by atoms with Gasteiger partial charge in [0.05, 0.1) is 25.9 Å². The van der Waals surface area contributed by atoms with Crippen molar-refractivity contribution < 1.29 is 14.3 Å². The van der Waals surface area contributed by atoms with Crippen molar-refractivity contribution in [3.05, 3.63) is 47.8 Å². The first-order valence-corrected chi connectivity index (χ1v) is 11.9. The van der Waals surface area contributed by atoms with Gasteiger partial charge >= 0.3 is 0 Å². The second kappa shape index (κ2) is 9.26. The lowest BCUT2D eigenvalue weighted by Crippen LogP contribution is -2.61. The molecule has 2 aliphatic rings. The van der Waals surface area contributed by atoms with Crippen LogP contribution in [0, 0.1) is 17.8 Å². The van der Waals surface area contributed by atoms with Crippen LogP contribution in [0.25, 0.3) is 0 Å². The molecule has 6 nitrogen and oxygen atoms in total. The van der Waals surface area contributed by atoms with E-state index in [1.807, 2.05) is 36.9 Å². The zero-order chi connectivity index (χ0) is 22.9. The van der Waals surface area contributed by atoms with Gasteiger partial charge in [-0.15, -0.1) is 0 Å². The number of methoxy groups -OCH3 is 1. The SMILES string of the molecule is COc1ccc([C@H]2C[C@@](C)(NC(=O)C(C)C)[C@@H]3CC[C@@H](C)C[C@H]3O2)cc1Cn1cccn1. The van der Waals surface area contributed by atoms with E-state index < -0.39 is 0 Å². The summed E-state index contributed by atoms with van der Waals surface area (Å²) >= 11 is 0. The fraction of sp³-hybridized carbons (Fsp3) is 0.615. The molecule has 2 heterocycles. The predicted octanol–water partition coefficient (Wildman–Crippen LogP) is 4.74.